The Hall–Kier alpha value is -3.89. The Balaban J connectivity index is 1.17. The van der Waals surface area contributed by atoms with Crippen LogP contribution in [0, 0.1) is 12.8 Å². The molecule has 9 nitrogen and oxygen atoms in total. The van der Waals surface area contributed by atoms with E-state index >= 15 is 0 Å². The molecule has 0 radical (unpaired) electrons. The first-order chi connectivity index (χ1) is 20.2. The number of aliphatic imine (C=N–C) groups is 1. The number of hydrogen-bond acceptors (Lipinski definition) is 8. The Kier molecular flexibility index (Phi) is 9.13. The topological polar surface area (TPSA) is 92.3 Å². The molecule has 10 heteroatoms. The van der Waals surface area contributed by atoms with Crippen molar-refractivity contribution in [3.63, 3.8) is 0 Å². The van der Waals surface area contributed by atoms with Gasteiger partial charge in [-0.15, -0.1) is 11.3 Å². The maximum absolute atomic E-state index is 12.8. The summed E-state index contributed by atoms with van der Waals surface area (Å²) in [6.45, 7) is 9.63. The SMILES string of the molecule is Cc1cc2c(s1)Nc1ccccc1N=C2N1CC[N+](C)(COC(=O)NC(CC(C)C)C(=O)OCc2ccccc2)CC1. The number of nitrogens with zero attached hydrogens (tertiary/aromatic N) is 3. The van der Waals surface area contributed by atoms with Crippen LogP contribution in [0.15, 0.2) is 65.7 Å². The molecule has 1 atom stereocenters. The average Bonchev–Trinajstić information content (AvgIpc) is 3.27. The first kappa shape index (κ1) is 29.6. The smallest absolute Gasteiger partial charge is 0.412 e. The predicted octanol–water partition coefficient (Wildman–Crippen LogP) is 5.80. The number of quaternary nitrogens is 1. The van der Waals surface area contributed by atoms with Gasteiger partial charge in [-0.2, -0.15) is 0 Å². The number of amidine groups is 1. The van der Waals surface area contributed by atoms with Crippen LogP contribution in [0.1, 0.15) is 36.3 Å². The van der Waals surface area contributed by atoms with Gasteiger partial charge >= 0.3 is 12.1 Å². The summed E-state index contributed by atoms with van der Waals surface area (Å²) in [5.74, 6) is 0.711. The minimum absolute atomic E-state index is 0.163. The lowest BCUT2D eigenvalue weighted by molar-refractivity contribution is -0.928. The Morgan fingerprint density at radius 3 is 2.52 bits per heavy atom. The monoisotopic (exact) mass is 590 g/mol. The van der Waals surface area contributed by atoms with E-state index < -0.39 is 18.1 Å². The normalized spacial score (nSPS) is 16.3. The number of para-hydroxylation sites is 2. The molecule has 0 saturated carbocycles. The van der Waals surface area contributed by atoms with E-state index in [1.807, 2.05) is 62.4 Å². The number of aryl methyl sites for hydroxylation is 1. The molecule has 42 heavy (non-hydrogen) atoms. The molecular weight excluding hydrogens is 550 g/mol. The molecule has 1 unspecified atom stereocenters. The first-order valence-corrected chi connectivity index (χ1v) is 15.3. The standard InChI is InChI=1S/C32H39N5O4S/c1-22(2)18-28(31(38)40-20-24-10-6-5-7-11-24)35-32(39)41-21-37(4)16-14-36(15-17-37)29-25-19-23(3)42-30(25)34-27-13-9-8-12-26(27)33-29/h5-13,19,22,28H,14-18,20-21H2,1-4H3,(H-,33,34,35,39)/p+1. The number of fused-ring (bicyclic) bond motifs is 2. The van der Waals surface area contributed by atoms with Gasteiger partial charge in [-0.3, -0.25) is 4.48 Å². The van der Waals surface area contributed by atoms with E-state index in [-0.39, 0.29) is 19.3 Å². The lowest BCUT2D eigenvalue weighted by Gasteiger charge is -2.42. The minimum Gasteiger partial charge on any atom is -0.459 e. The average molecular weight is 591 g/mol. The van der Waals surface area contributed by atoms with Crippen molar-refractivity contribution >= 4 is 45.6 Å². The van der Waals surface area contributed by atoms with E-state index in [1.54, 1.807) is 11.3 Å². The summed E-state index contributed by atoms with van der Waals surface area (Å²) in [5, 5.41) is 7.43. The second kappa shape index (κ2) is 13.0. The zero-order chi connectivity index (χ0) is 29.7. The zero-order valence-electron chi connectivity index (χ0n) is 24.8. The summed E-state index contributed by atoms with van der Waals surface area (Å²) >= 11 is 1.74. The summed E-state index contributed by atoms with van der Waals surface area (Å²) in [6.07, 6.45) is -0.137. The molecule has 5 rings (SSSR count). The fraction of sp³-hybridized carbons (Fsp3) is 0.406. The lowest BCUT2D eigenvalue weighted by atomic mass is 10.0. The Labute approximate surface area is 251 Å². The van der Waals surface area contributed by atoms with E-state index in [4.69, 9.17) is 14.5 Å². The number of piperazine rings is 1. The number of carbonyl (C=O) groups is 2. The fourth-order valence-corrected chi connectivity index (χ4v) is 6.11. The van der Waals surface area contributed by atoms with Gasteiger partial charge in [0.05, 0.1) is 50.2 Å². The molecule has 1 aromatic heterocycles. The summed E-state index contributed by atoms with van der Waals surface area (Å²) in [5.41, 5.74) is 3.95. The number of thiophene rings is 1. The van der Waals surface area contributed by atoms with Crippen molar-refractivity contribution in [1.82, 2.24) is 10.2 Å². The molecule has 2 aromatic carbocycles. The number of likely N-dealkylation sites (N-methyl/N-ethyl adjacent to an activating group) is 1. The molecule has 3 aromatic rings. The van der Waals surface area contributed by atoms with Gasteiger partial charge in [0.2, 0.25) is 6.73 Å². The zero-order valence-corrected chi connectivity index (χ0v) is 25.6. The van der Waals surface area contributed by atoms with Crippen molar-refractivity contribution < 1.29 is 23.5 Å². The molecule has 0 bridgehead atoms. The van der Waals surface area contributed by atoms with Gasteiger partial charge < -0.3 is 25.0 Å². The number of nitrogens with one attached hydrogen (secondary N) is 2. The molecule has 3 heterocycles. The number of rotatable bonds is 8. The minimum atomic E-state index is -0.767. The molecule has 0 aliphatic carbocycles. The van der Waals surface area contributed by atoms with Gasteiger partial charge in [0.15, 0.2) is 0 Å². The van der Waals surface area contributed by atoms with Crippen molar-refractivity contribution in [3.05, 3.63) is 76.7 Å². The van der Waals surface area contributed by atoms with Crippen LogP contribution in [-0.2, 0) is 20.9 Å². The number of ether oxygens (including phenoxy) is 2. The van der Waals surface area contributed by atoms with E-state index in [9.17, 15) is 9.59 Å². The maximum atomic E-state index is 12.8. The number of benzene rings is 2. The summed E-state index contributed by atoms with van der Waals surface area (Å²) in [6, 6.07) is 19.1. The van der Waals surface area contributed by atoms with Gasteiger partial charge in [-0.25, -0.2) is 14.6 Å². The number of esters is 1. The number of alkyl carbamates (subject to hydrolysis) is 1. The molecule has 2 aliphatic rings. The molecule has 222 valence electrons. The van der Waals surface area contributed by atoms with Crippen LogP contribution in [0.2, 0.25) is 0 Å². The molecule has 2 N–H and O–H groups in total. The number of hydrogen-bond donors (Lipinski definition) is 2. The summed E-state index contributed by atoms with van der Waals surface area (Å²) in [4.78, 5) is 34.3. The van der Waals surface area contributed by atoms with Crippen molar-refractivity contribution in [2.45, 2.75) is 39.8 Å². The summed E-state index contributed by atoms with van der Waals surface area (Å²) in [7, 11) is 2.09. The highest BCUT2D eigenvalue weighted by molar-refractivity contribution is 7.16. The quantitative estimate of drug-likeness (QED) is 0.255. The van der Waals surface area contributed by atoms with Crippen LogP contribution in [0.25, 0.3) is 0 Å². The van der Waals surface area contributed by atoms with Crippen molar-refractivity contribution in [1.29, 1.82) is 0 Å². The first-order valence-electron chi connectivity index (χ1n) is 14.5. The third-order valence-corrected chi connectivity index (χ3v) is 8.57. The van der Waals surface area contributed by atoms with Crippen LogP contribution in [-0.4, -0.2) is 73.3 Å². The molecular formula is C32H40N5O4S+. The van der Waals surface area contributed by atoms with Crippen LogP contribution >= 0.6 is 11.3 Å². The summed E-state index contributed by atoms with van der Waals surface area (Å²) < 4.78 is 11.8. The number of amides is 1. The third-order valence-electron chi connectivity index (χ3n) is 7.61. The van der Waals surface area contributed by atoms with Crippen molar-refractivity contribution in [2.24, 2.45) is 10.9 Å². The van der Waals surface area contributed by atoms with E-state index in [0.29, 0.717) is 10.9 Å². The van der Waals surface area contributed by atoms with Crippen LogP contribution < -0.4 is 10.6 Å². The van der Waals surface area contributed by atoms with Crippen LogP contribution in [0.4, 0.5) is 21.2 Å². The van der Waals surface area contributed by atoms with Crippen molar-refractivity contribution in [3.8, 4) is 0 Å². The maximum Gasteiger partial charge on any atom is 0.412 e. The second-order valence-corrected chi connectivity index (χ2v) is 13.0. The molecule has 0 spiro atoms. The van der Waals surface area contributed by atoms with E-state index in [1.165, 1.54) is 4.88 Å². The van der Waals surface area contributed by atoms with Gasteiger partial charge in [0.25, 0.3) is 0 Å². The van der Waals surface area contributed by atoms with Crippen molar-refractivity contribution in [2.75, 3.05) is 45.3 Å². The van der Waals surface area contributed by atoms with Gasteiger partial charge in [0.1, 0.15) is 23.5 Å². The van der Waals surface area contributed by atoms with Gasteiger partial charge in [-0.1, -0.05) is 56.3 Å². The van der Waals surface area contributed by atoms with Gasteiger partial charge in [-0.05, 0) is 43.0 Å². The fourth-order valence-electron chi connectivity index (χ4n) is 5.19. The molecule has 1 saturated heterocycles. The Morgan fingerprint density at radius 1 is 1.07 bits per heavy atom. The van der Waals surface area contributed by atoms with Gasteiger partial charge in [0, 0.05) is 4.88 Å². The number of carbonyl (C=O) groups excluding carboxylic acids is 2. The Bertz CT molecular complexity index is 1430. The highest BCUT2D eigenvalue weighted by atomic mass is 32.1. The lowest BCUT2D eigenvalue weighted by Crippen LogP contribution is -2.59. The highest BCUT2D eigenvalue weighted by Crippen LogP contribution is 2.39. The Morgan fingerprint density at radius 2 is 1.79 bits per heavy atom. The highest BCUT2D eigenvalue weighted by Gasteiger charge is 2.34. The van der Waals surface area contributed by atoms with E-state index in [2.05, 4.69) is 41.6 Å². The van der Waals surface area contributed by atoms with Crippen LogP contribution in [0.5, 0.6) is 0 Å². The molecule has 2 aliphatic heterocycles. The molecule has 1 fully saturated rings. The second-order valence-electron chi connectivity index (χ2n) is 11.7. The number of anilines is 2. The van der Waals surface area contributed by atoms with E-state index in [0.717, 1.165) is 59.5 Å². The third kappa shape index (κ3) is 7.30. The molecule has 1 amide bonds. The predicted molar refractivity (Wildman–Crippen MR) is 166 cm³/mol. The largest absolute Gasteiger partial charge is 0.459 e. The van der Waals surface area contributed by atoms with Crippen LogP contribution in [0.3, 0.4) is 0 Å².